The van der Waals surface area contributed by atoms with Crippen LogP contribution in [0.5, 0.6) is 0 Å². The fourth-order valence-electron chi connectivity index (χ4n) is 1.93. The summed E-state index contributed by atoms with van der Waals surface area (Å²) in [5, 5.41) is 0. The van der Waals surface area contributed by atoms with Crippen LogP contribution in [0.25, 0.3) is 0 Å². The monoisotopic (exact) mass is 226 g/mol. The lowest BCUT2D eigenvalue weighted by atomic mass is 10.2. The van der Waals surface area contributed by atoms with Gasteiger partial charge in [-0.25, -0.2) is 0 Å². The number of ether oxygens (including phenoxy) is 1. The van der Waals surface area contributed by atoms with Crippen molar-refractivity contribution in [1.29, 1.82) is 0 Å². The molecule has 1 aliphatic rings. The van der Waals surface area contributed by atoms with Gasteiger partial charge >= 0.3 is 0 Å². The lowest BCUT2D eigenvalue weighted by Crippen LogP contribution is -2.47. The molecule has 94 valence electrons. The van der Waals surface area contributed by atoms with E-state index in [1.807, 2.05) is 6.26 Å². The van der Waals surface area contributed by atoms with Crippen molar-refractivity contribution < 1.29 is 4.74 Å². The zero-order valence-corrected chi connectivity index (χ0v) is 11.2. The zero-order valence-electron chi connectivity index (χ0n) is 11.2. The van der Waals surface area contributed by atoms with Gasteiger partial charge in [-0.3, -0.25) is 4.90 Å². The molecular formula is C13H26N2O. The third-order valence-electron chi connectivity index (χ3n) is 2.66. The van der Waals surface area contributed by atoms with Crippen molar-refractivity contribution >= 4 is 0 Å². The minimum Gasteiger partial charge on any atom is -0.486 e. The fraction of sp³-hybridized carbons (Fsp3) is 0.846. The molecule has 0 aromatic rings. The van der Waals surface area contributed by atoms with E-state index in [9.17, 15) is 0 Å². The van der Waals surface area contributed by atoms with E-state index in [0.717, 1.165) is 25.7 Å². The molecule has 0 aliphatic carbocycles. The van der Waals surface area contributed by atoms with Crippen LogP contribution in [0.4, 0.5) is 0 Å². The molecule has 3 nitrogen and oxygen atoms in total. The summed E-state index contributed by atoms with van der Waals surface area (Å²) in [6.45, 7) is 15.2. The minimum atomic E-state index is 0.737. The molecule has 0 bridgehead atoms. The van der Waals surface area contributed by atoms with Gasteiger partial charge in [0.15, 0.2) is 0 Å². The molecule has 0 spiro atoms. The van der Waals surface area contributed by atoms with Gasteiger partial charge in [-0.2, -0.15) is 0 Å². The van der Waals surface area contributed by atoms with Crippen molar-refractivity contribution in [3.05, 3.63) is 11.8 Å². The van der Waals surface area contributed by atoms with Crippen molar-refractivity contribution in [1.82, 2.24) is 9.80 Å². The SMILES string of the molecule is CC(C)=COCN1CCN(CC(C)C)CC1. The summed E-state index contributed by atoms with van der Waals surface area (Å²) in [6, 6.07) is 0. The molecule has 0 radical (unpaired) electrons. The third-order valence-corrected chi connectivity index (χ3v) is 2.66. The summed E-state index contributed by atoms with van der Waals surface area (Å²) >= 11 is 0. The number of hydrogen-bond acceptors (Lipinski definition) is 3. The summed E-state index contributed by atoms with van der Waals surface area (Å²) < 4.78 is 5.50. The van der Waals surface area contributed by atoms with Gasteiger partial charge in [0, 0.05) is 32.7 Å². The Morgan fingerprint density at radius 1 is 1.12 bits per heavy atom. The molecule has 1 rings (SSSR count). The van der Waals surface area contributed by atoms with Crippen LogP contribution in [0.1, 0.15) is 27.7 Å². The molecule has 0 unspecified atom stereocenters. The molecule has 0 atom stereocenters. The first-order chi connectivity index (χ1) is 7.58. The third kappa shape index (κ3) is 5.52. The van der Waals surface area contributed by atoms with Crippen LogP contribution >= 0.6 is 0 Å². The maximum atomic E-state index is 5.50. The van der Waals surface area contributed by atoms with E-state index >= 15 is 0 Å². The molecule has 0 N–H and O–H groups in total. The van der Waals surface area contributed by atoms with Crippen LogP contribution in [-0.2, 0) is 4.74 Å². The van der Waals surface area contributed by atoms with E-state index in [-0.39, 0.29) is 0 Å². The van der Waals surface area contributed by atoms with Crippen molar-refractivity contribution in [3.8, 4) is 0 Å². The van der Waals surface area contributed by atoms with Gasteiger partial charge in [-0.05, 0) is 25.3 Å². The Bertz CT molecular complexity index is 214. The van der Waals surface area contributed by atoms with Crippen LogP contribution in [0, 0.1) is 5.92 Å². The number of rotatable bonds is 5. The van der Waals surface area contributed by atoms with Crippen LogP contribution < -0.4 is 0 Å². The van der Waals surface area contributed by atoms with Gasteiger partial charge in [0.25, 0.3) is 0 Å². The van der Waals surface area contributed by atoms with Crippen molar-refractivity contribution in [2.75, 3.05) is 39.5 Å². The second-order valence-electron chi connectivity index (χ2n) is 5.30. The molecule has 0 aromatic heterocycles. The Hall–Kier alpha value is -0.540. The second-order valence-corrected chi connectivity index (χ2v) is 5.30. The van der Waals surface area contributed by atoms with Gasteiger partial charge in [-0.1, -0.05) is 13.8 Å². The summed E-state index contributed by atoms with van der Waals surface area (Å²) in [7, 11) is 0. The average molecular weight is 226 g/mol. The summed E-state index contributed by atoms with van der Waals surface area (Å²) in [6.07, 6.45) is 1.85. The number of allylic oxidation sites excluding steroid dienone is 1. The lowest BCUT2D eigenvalue weighted by Gasteiger charge is -2.34. The predicted octanol–water partition coefficient (Wildman–Crippen LogP) is 2.16. The van der Waals surface area contributed by atoms with Crippen LogP contribution in [0.15, 0.2) is 11.8 Å². The second kappa shape index (κ2) is 6.92. The van der Waals surface area contributed by atoms with Gasteiger partial charge in [0.1, 0.15) is 6.73 Å². The van der Waals surface area contributed by atoms with E-state index in [4.69, 9.17) is 4.74 Å². The fourth-order valence-corrected chi connectivity index (χ4v) is 1.93. The highest BCUT2D eigenvalue weighted by molar-refractivity contribution is 4.86. The molecule has 1 saturated heterocycles. The van der Waals surface area contributed by atoms with Crippen molar-refractivity contribution in [2.24, 2.45) is 5.92 Å². The van der Waals surface area contributed by atoms with Crippen molar-refractivity contribution in [3.63, 3.8) is 0 Å². The topological polar surface area (TPSA) is 15.7 Å². The Balaban J connectivity index is 2.14. The molecule has 3 heteroatoms. The van der Waals surface area contributed by atoms with Gasteiger partial charge in [0.05, 0.1) is 6.26 Å². The molecule has 1 aliphatic heterocycles. The Morgan fingerprint density at radius 2 is 1.69 bits per heavy atom. The smallest absolute Gasteiger partial charge is 0.141 e. The van der Waals surface area contributed by atoms with Crippen molar-refractivity contribution in [2.45, 2.75) is 27.7 Å². The minimum absolute atomic E-state index is 0.737. The Morgan fingerprint density at radius 3 is 2.19 bits per heavy atom. The number of hydrogen-bond donors (Lipinski definition) is 0. The van der Waals surface area contributed by atoms with E-state index in [1.165, 1.54) is 25.2 Å². The zero-order chi connectivity index (χ0) is 12.0. The lowest BCUT2D eigenvalue weighted by molar-refractivity contribution is 0.0410. The van der Waals surface area contributed by atoms with E-state index in [1.54, 1.807) is 0 Å². The molecular weight excluding hydrogens is 200 g/mol. The Kier molecular flexibility index (Phi) is 5.85. The highest BCUT2D eigenvalue weighted by Crippen LogP contribution is 2.05. The molecule has 1 heterocycles. The van der Waals surface area contributed by atoms with Crippen LogP contribution in [0.2, 0.25) is 0 Å². The largest absolute Gasteiger partial charge is 0.486 e. The maximum absolute atomic E-state index is 5.50. The average Bonchev–Trinajstić information content (AvgIpc) is 2.19. The summed E-state index contributed by atoms with van der Waals surface area (Å²) in [5.41, 5.74) is 1.22. The highest BCUT2D eigenvalue weighted by Gasteiger charge is 2.16. The van der Waals surface area contributed by atoms with Gasteiger partial charge in [-0.15, -0.1) is 0 Å². The van der Waals surface area contributed by atoms with Gasteiger partial charge < -0.3 is 9.64 Å². The van der Waals surface area contributed by atoms with E-state index < -0.39 is 0 Å². The van der Waals surface area contributed by atoms with Crippen LogP contribution in [0.3, 0.4) is 0 Å². The first-order valence-electron chi connectivity index (χ1n) is 6.27. The molecule has 0 amide bonds. The normalized spacial score (nSPS) is 18.8. The van der Waals surface area contributed by atoms with E-state index in [2.05, 4.69) is 37.5 Å². The van der Waals surface area contributed by atoms with Crippen LogP contribution in [-0.4, -0.2) is 49.3 Å². The number of piperazine rings is 1. The quantitative estimate of drug-likeness (QED) is 0.668. The molecule has 0 aromatic carbocycles. The predicted molar refractivity (Wildman–Crippen MR) is 68.2 cm³/mol. The number of nitrogens with zero attached hydrogens (tertiary/aromatic N) is 2. The Labute approximate surface area is 100 Å². The molecule has 1 fully saturated rings. The maximum Gasteiger partial charge on any atom is 0.141 e. The summed E-state index contributed by atoms with van der Waals surface area (Å²) in [5.74, 6) is 0.772. The van der Waals surface area contributed by atoms with Gasteiger partial charge in [0.2, 0.25) is 0 Å². The first-order valence-corrected chi connectivity index (χ1v) is 6.27. The van der Waals surface area contributed by atoms with E-state index in [0.29, 0.717) is 0 Å². The molecule has 0 saturated carbocycles. The first kappa shape index (κ1) is 13.5. The standard InChI is InChI=1S/C13H26N2O/c1-12(2)9-14-5-7-15(8-6-14)11-16-10-13(3)4/h10,12H,5-9,11H2,1-4H3. The molecule has 16 heavy (non-hydrogen) atoms. The highest BCUT2D eigenvalue weighted by atomic mass is 16.5. The summed E-state index contributed by atoms with van der Waals surface area (Å²) in [4.78, 5) is 4.92.